The zero-order valence-electron chi connectivity index (χ0n) is 14.5. The summed E-state index contributed by atoms with van der Waals surface area (Å²) in [7, 11) is -2.22. The summed E-state index contributed by atoms with van der Waals surface area (Å²) in [6.45, 7) is 0.482. The third-order valence-corrected chi connectivity index (χ3v) is 4.76. The number of anilines is 1. The number of nitrogens with zero attached hydrogens (tertiary/aromatic N) is 1. The number of halogens is 1. The molecule has 0 amide bonds. The number of carbonyl (C=O) groups is 1. The summed E-state index contributed by atoms with van der Waals surface area (Å²) in [5.41, 5.74) is 0.784. The molecule has 140 valence electrons. The Morgan fingerprint density at radius 2 is 1.69 bits per heavy atom. The van der Waals surface area contributed by atoms with Crippen LogP contribution >= 0.6 is 0 Å². The molecule has 0 aromatic heterocycles. The number of hydrogen-bond acceptors (Lipinski definition) is 5. The van der Waals surface area contributed by atoms with Crippen LogP contribution in [0.3, 0.4) is 0 Å². The van der Waals surface area contributed by atoms with Gasteiger partial charge in [-0.15, -0.1) is 0 Å². The van der Waals surface area contributed by atoms with Crippen LogP contribution in [0.25, 0.3) is 0 Å². The maximum absolute atomic E-state index is 12.8. The molecule has 0 atom stereocenters. The molecule has 0 aliphatic heterocycles. The van der Waals surface area contributed by atoms with Gasteiger partial charge in [0.2, 0.25) is 10.0 Å². The van der Waals surface area contributed by atoms with Crippen molar-refractivity contribution in [1.29, 1.82) is 0 Å². The molecule has 8 heteroatoms. The van der Waals surface area contributed by atoms with Gasteiger partial charge in [-0.3, -0.25) is 4.31 Å². The van der Waals surface area contributed by atoms with Gasteiger partial charge in [-0.2, -0.15) is 0 Å². The number of esters is 1. The van der Waals surface area contributed by atoms with Crippen LogP contribution in [0, 0.1) is 5.82 Å². The van der Waals surface area contributed by atoms with Gasteiger partial charge in [-0.05, 0) is 48.5 Å². The molecule has 2 aromatic rings. The van der Waals surface area contributed by atoms with E-state index in [1.54, 1.807) is 12.1 Å². The number of ether oxygens (including phenoxy) is 2. The lowest BCUT2D eigenvalue weighted by molar-refractivity contribution is 0.0600. The molecule has 0 N–H and O–H groups in total. The predicted octanol–water partition coefficient (Wildman–Crippen LogP) is 2.85. The van der Waals surface area contributed by atoms with Gasteiger partial charge in [0.1, 0.15) is 11.6 Å². The number of sulfonamides is 1. The van der Waals surface area contributed by atoms with E-state index in [-0.39, 0.29) is 19.0 Å². The second-order valence-corrected chi connectivity index (χ2v) is 7.44. The molecule has 0 fully saturated rings. The average molecular weight is 381 g/mol. The first-order valence-electron chi connectivity index (χ1n) is 7.86. The van der Waals surface area contributed by atoms with E-state index in [2.05, 4.69) is 4.74 Å². The van der Waals surface area contributed by atoms with Gasteiger partial charge in [-0.1, -0.05) is 0 Å². The van der Waals surface area contributed by atoms with Crippen LogP contribution in [0.5, 0.6) is 5.75 Å². The van der Waals surface area contributed by atoms with Gasteiger partial charge in [0.25, 0.3) is 0 Å². The molecular formula is C18H20FNO5S. The van der Waals surface area contributed by atoms with Crippen LogP contribution in [0.1, 0.15) is 16.8 Å². The Kier molecular flexibility index (Phi) is 6.57. The third kappa shape index (κ3) is 5.45. The summed E-state index contributed by atoms with van der Waals surface area (Å²) >= 11 is 0. The number of rotatable bonds is 8. The van der Waals surface area contributed by atoms with Crippen molar-refractivity contribution in [3.63, 3.8) is 0 Å². The molecule has 0 saturated carbocycles. The van der Waals surface area contributed by atoms with Gasteiger partial charge in [0.05, 0.1) is 31.2 Å². The number of benzene rings is 2. The van der Waals surface area contributed by atoms with Crippen molar-refractivity contribution in [2.75, 3.05) is 30.8 Å². The summed E-state index contributed by atoms with van der Waals surface area (Å²) in [5, 5.41) is 0. The first kappa shape index (κ1) is 19.7. The van der Waals surface area contributed by atoms with E-state index < -0.39 is 16.0 Å². The molecule has 0 aliphatic rings. The van der Waals surface area contributed by atoms with Crippen molar-refractivity contribution < 1.29 is 27.1 Å². The standard InChI is InChI=1S/C18H20FNO5S/c1-24-18(21)14-4-8-16(9-5-14)20(26(2,22)23)12-3-13-25-17-10-6-15(19)7-11-17/h4-11H,3,12-13H2,1-2H3. The maximum atomic E-state index is 12.8. The summed E-state index contributed by atoms with van der Waals surface area (Å²) in [5.74, 6) is -0.328. The van der Waals surface area contributed by atoms with Crippen molar-refractivity contribution in [2.45, 2.75) is 6.42 Å². The van der Waals surface area contributed by atoms with Crippen molar-refractivity contribution in [3.8, 4) is 5.75 Å². The SMILES string of the molecule is COC(=O)c1ccc(N(CCCOc2ccc(F)cc2)S(C)(=O)=O)cc1. The van der Waals surface area contributed by atoms with Gasteiger partial charge < -0.3 is 9.47 Å². The molecule has 0 bridgehead atoms. The third-order valence-electron chi connectivity index (χ3n) is 3.56. The molecule has 0 spiro atoms. The Hall–Kier alpha value is -2.61. The maximum Gasteiger partial charge on any atom is 0.337 e. The van der Waals surface area contributed by atoms with Crippen molar-refractivity contribution >= 4 is 21.7 Å². The first-order chi connectivity index (χ1) is 12.3. The molecule has 0 aliphatic carbocycles. The molecule has 0 saturated heterocycles. The van der Waals surface area contributed by atoms with Crippen LogP contribution in [-0.2, 0) is 14.8 Å². The van der Waals surface area contributed by atoms with Gasteiger partial charge in [0, 0.05) is 13.0 Å². The predicted molar refractivity (Wildman–Crippen MR) is 96.5 cm³/mol. The largest absolute Gasteiger partial charge is 0.494 e. The Morgan fingerprint density at radius 1 is 1.08 bits per heavy atom. The number of carbonyl (C=O) groups excluding carboxylic acids is 1. The van der Waals surface area contributed by atoms with E-state index in [0.29, 0.717) is 23.4 Å². The van der Waals surface area contributed by atoms with E-state index >= 15 is 0 Å². The molecule has 2 aromatic carbocycles. The van der Waals surface area contributed by atoms with Crippen molar-refractivity contribution in [2.24, 2.45) is 0 Å². The average Bonchev–Trinajstić information content (AvgIpc) is 2.61. The second kappa shape index (κ2) is 8.66. The summed E-state index contributed by atoms with van der Waals surface area (Å²) < 4.78 is 48.3. The Bertz CT molecular complexity index is 835. The molecular weight excluding hydrogens is 361 g/mol. The lowest BCUT2D eigenvalue weighted by atomic mass is 10.2. The van der Waals surface area contributed by atoms with Crippen LogP contribution in [0.15, 0.2) is 48.5 Å². The van der Waals surface area contributed by atoms with Gasteiger partial charge >= 0.3 is 5.97 Å². The summed E-state index contributed by atoms with van der Waals surface area (Å²) in [6, 6.07) is 11.7. The van der Waals surface area contributed by atoms with E-state index in [9.17, 15) is 17.6 Å². The molecule has 0 heterocycles. The Balaban J connectivity index is 1.99. The molecule has 26 heavy (non-hydrogen) atoms. The van der Waals surface area contributed by atoms with Crippen LogP contribution in [0.4, 0.5) is 10.1 Å². The molecule has 0 radical (unpaired) electrons. The number of methoxy groups -OCH3 is 1. The zero-order chi connectivity index (χ0) is 19.2. The highest BCUT2D eigenvalue weighted by Gasteiger charge is 2.17. The fourth-order valence-electron chi connectivity index (χ4n) is 2.30. The van der Waals surface area contributed by atoms with Gasteiger partial charge in [0.15, 0.2) is 0 Å². The highest BCUT2D eigenvalue weighted by molar-refractivity contribution is 7.92. The van der Waals surface area contributed by atoms with Crippen molar-refractivity contribution in [1.82, 2.24) is 0 Å². The molecule has 2 rings (SSSR count). The zero-order valence-corrected chi connectivity index (χ0v) is 15.3. The quantitative estimate of drug-likeness (QED) is 0.519. The fourth-order valence-corrected chi connectivity index (χ4v) is 3.26. The van der Waals surface area contributed by atoms with E-state index in [1.165, 1.54) is 47.8 Å². The second-order valence-electron chi connectivity index (χ2n) is 5.53. The lowest BCUT2D eigenvalue weighted by Gasteiger charge is -2.22. The fraction of sp³-hybridized carbons (Fsp3) is 0.278. The summed E-state index contributed by atoms with van der Waals surface area (Å²) in [6.07, 6.45) is 1.55. The smallest absolute Gasteiger partial charge is 0.337 e. The van der Waals surface area contributed by atoms with E-state index in [4.69, 9.17) is 4.74 Å². The van der Waals surface area contributed by atoms with Crippen LogP contribution in [-0.4, -0.2) is 40.9 Å². The highest BCUT2D eigenvalue weighted by atomic mass is 32.2. The van der Waals surface area contributed by atoms with Crippen LogP contribution < -0.4 is 9.04 Å². The minimum Gasteiger partial charge on any atom is -0.494 e. The van der Waals surface area contributed by atoms with E-state index in [1.807, 2.05) is 0 Å². The lowest BCUT2D eigenvalue weighted by Crippen LogP contribution is -2.31. The Morgan fingerprint density at radius 3 is 2.23 bits per heavy atom. The first-order valence-corrected chi connectivity index (χ1v) is 9.70. The molecule has 6 nitrogen and oxygen atoms in total. The van der Waals surface area contributed by atoms with Gasteiger partial charge in [-0.25, -0.2) is 17.6 Å². The van der Waals surface area contributed by atoms with Crippen LogP contribution in [0.2, 0.25) is 0 Å². The minimum atomic E-state index is -3.50. The summed E-state index contributed by atoms with van der Waals surface area (Å²) in [4.78, 5) is 11.5. The minimum absolute atomic E-state index is 0.206. The molecule has 0 unspecified atom stereocenters. The number of hydrogen-bond donors (Lipinski definition) is 0. The topological polar surface area (TPSA) is 72.9 Å². The van der Waals surface area contributed by atoms with Crippen molar-refractivity contribution in [3.05, 3.63) is 59.9 Å². The normalized spacial score (nSPS) is 11.0. The highest BCUT2D eigenvalue weighted by Crippen LogP contribution is 2.19. The monoisotopic (exact) mass is 381 g/mol. The van der Waals surface area contributed by atoms with E-state index in [0.717, 1.165) is 6.26 Å². The Labute approximate surface area is 152 Å².